The van der Waals surface area contributed by atoms with Crippen LogP contribution in [0.4, 0.5) is 0 Å². The van der Waals surface area contributed by atoms with E-state index in [1.54, 1.807) is 12.1 Å². The maximum Gasteiger partial charge on any atom is 0.230 e. The molecule has 1 N–H and O–H groups in total. The monoisotopic (exact) mass is 347 g/mol. The molecule has 1 aliphatic rings. The van der Waals surface area contributed by atoms with Crippen LogP contribution in [0, 0.1) is 0 Å². The zero-order valence-corrected chi connectivity index (χ0v) is 14.3. The second-order valence-electron chi connectivity index (χ2n) is 6.07. The third-order valence-corrected chi connectivity index (χ3v) is 5.26. The minimum absolute atomic E-state index is 0.0900. The highest BCUT2D eigenvalue weighted by Gasteiger charge is 2.42. The van der Waals surface area contributed by atoms with Crippen molar-refractivity contribution in [1.82, 2.24) is 5.32 Å². The zero-order chi connectivity index (χ0) is 16.3. The van der Waals surface area contributed by atoms with Gasteiger partial charge in [0, 0.05) is 16.6 Å². The topological polar surface area (TPSA) is 29.1 Å². The highest BCUT2D eigenvalue weighted by atomic mass is 35.5. The summed E-state index contributed by atoms with van der Waals surface area (Å²) < 4.78 is 0. The first-order valence-electron chi connectivity index (χ1n) is 7.90. The molecular formula is C19H19Cl2NO. The van der Waals surface area contributed by atoms with E-state index in [4.69, 9.17) is 23.2 Å². The third kappa shape index (κ3) is 3.39. The fourth-order valence-electron chi connectivity index (χ4n) is 3.39. The normalized spacial score (nSPS) is 16.3. The molecule has 0 aromatic heterocycles. The molecule has 4 heteroatoms. The van der Waals surface area contributed by atoms with Crippen LogP contribution in [0.1, 0.15) is 36.8 Å². The van der Waals surface area contributed by atoms with E-state index in [9.17, 15) is 4.79 Å². The standard InChI is InChI=1S/C19H19Cl2NO/c20-16-9-8-14(17(21)12-16)13-22-18(23)19(10-4-5-11-19)15-6-2-1-3-7-15/h1-3,6-9,12H,4-5,10-11,13H2,(H,22,23). The Balaban J connectivity index is 1.78. The van der Waals surface area contributed by atoms with Gasteiger partial charge in [-0.05, 0) is 36.1 Å². The summed E-state index contributed by atoms with van der Waals surface area (Å²) in [5.74, 6) is 0.0900. The Morgan fingerprint density at radius 2 is 1.74 bits per heavy atom. The summed E-state index contributed by atoms with van der Waals surface area (Å²) in [5, 5.41) is 4.25. The molecule has 2 nitrogen and oxygen atoms in total. The lowest BCUT2D eigenvalue weighted by molar-refractivity contribution is -0.126. The number of nitrogens with one attached hydrogen (secondary N) is 1. The molecule has 0 saturated heterocycles. The maximum atomic E-state index is 12.9. The zero-order valence-electron chi connectivity index (χ0n) is 12.8. The third-order valence-electron chi connectivity index (χ3n) is 4.67. The molecule has 0 spiro atoms. The summed E-state index contributed by atoms with van der Waals surface area (Å²) >= 11 is 12.1. The van der Waals surface area contributed by atoms with E-state index < -0.39 is 5.41 Å². The summed E-state index contributed by atoms with van der Waals surface area (Å²) in [5.41, 5.74) is 1.59. The molecule has 0 radical (unpaired) electrons. The van der Waals surface area contributed by atoms with E-state index in [1.807, 2.05) is 24.3 Å². The van der Waals surface area contributed by atoms with Gasteiger partial charge >= 0.3 is 0 Å². The summed E-state index contributed by atoms with van der Waals surface area (Å²) in [4.78, 5) is 12.9. The summed E-state index contributed by atoms with van der Waals surface area (Å²) in [6.45, 7) is 0.420. The summed E-state index contributed by atoms with van der Waals surface area (Å²) in [6.07, 6.45) is 3.97. The highest BCUT2D eigenvalue weighted by Crippen LogP contribution is 2.41. The first-order valence-corrected chi connectivity index (χ1v) is 8.65. The van der Waals surface area contributed by atoms with Crippen LogP contribution >= 0.6 is 23.2 Å². The Morgan fingerprint density at radius 1 is 1.04 bits per heavy atom. The summed E-state index contributed by atoms with van der Waals surface area (Å²) in [6, 6.07) is 15.4. The van der Waals surface area contributed by atoms with E-state index in [-0.39, 0.29) is 5.91 Å². The van der Waals surface area contributed by atoms with Crippen molar-refractivity contribution in [3.63, 3.8) is 0 Å². The van der Waals surface area contributed by atoms with Gasteiger partial charge in [0.2, 0.25) is 5.91 Å². The van der Waals surface area contributed by atoms with E-state index in [2.05, 4.69) is 17.4 Å². The highest BCUT2D eigenvalue weighted by molar-refractivity contribution is 6.35. The number of amides is 1. The van der Waals surface area contributed by atoms with Crippen LogP contribution in [0.5, 0.6) is 0 Å². The largest absolute Gasteiger partial charge is 0.351 e. The summed E-state index contributed by atoms with van der Waals surface area (Å²) in [7, 11) is 0. The predicted octanol–water partition coefficient (Wildman–Crippen LogP) is 5.12. The minimum atomic E-state index is -0.403. The van der Waals surface area contributed by atoms with Crippen molar-refractivity contribution in [3.05, 3.63) is 69.7 Å². The lowest BCUT2D eigenvalue weighted by Crippen LogP contribution is -2.42. The van der Waals surface area contributed by atoms with Crippen LogP contribution < -0.4 is 5.32 Å². The molecule has 3 rings (SSSR count). The van der Waals surface area contributed by atoms with Gasteiger partial charge in [0.25, 0.3) is 0 Å². The second-order valence-corrected chi connectivity index (χ2v) is 6.92. The molecule has 120 valence electrons. The van der Waals surface area contributed by atoms with Gasteiger partial charge in [-0.2, -0.15) is 0 Å². The van der Waals surface area contributed by atoms with Crippen LogP contribution in [0.2, 0.25) is 10.0 Å². The van der Waals surface area contributed by atoms with Crippen molar-refractivity contribution >= 4 is 29.1 Å². The molecule has 1 fully saturated rings. The number of carbonyl (C=O) groups is 1. The van der Waals surface area contributed by atoms with Crippen molar-refractivity contribution < 1.29 is 4.79 Å². The Bertz CT molecular complexity index is 694. The van der Waals surface area contributed by atoms with Crippen LogP contribution in [-0.2, 0) is 16.8 Å². The van der Waals surface area contributed by atoms with E-state index >= 15 is 0 Å². The Kier molecular flexibility index (Phi) is 4.93. The second kappa shape index (κ2) is 6.94. The lowest BCUT2D eigenvalue weighted by Gasteiger charge is -2.28. The van der Waals surface area contributed by atoms with Gasteiger partial charge < -0.3 is 5.32 Å². The van der Waals surface area contributed by atoms with Gasteiger partial charge in [-0.15, -0.1) is 0 Å². The molecule has 1 aliphatic carbocycles. The lowest BCUT2D eigenvalue weighted by atomic mass is 9.78. The first-order chi connectivity index (χ1) is 11.1. The SMILES string of the molecule is O=C(NCc1ccc(Cl)cc1Cl)C1(c2ccccc2)CCCC1. The Morgan fingerprint density at radius 3 is 2.39 bits per heavy atom. The quantitative estimate of drug-likeness (QED) is 0.816. The fraction of sp³-hybridized carbons (Fsp3) is 0.316. The average molecular weight is 348 g/mol. The smallest absolute Gasteiger partial charge is 0.230 e. The molecule has 0 heterocycles. The molecule has 0 atom stereocenters. The van der Waals surface area contributed by atoms with Crippen molar-refractivity contribution in [2.24, 2.45) is 0 Å². The molecule has 0 bridgehead atoms. The number of benzene rings is 2. The Hall–Kier alpha value is -1.51. The van der Waals surface area contributed by atoms with Crippen molar-refractivity contribution in [2.45, 2.75) is 37.6 Å². The number of hydrogen-bond acceptors (Lipinski definition) is 1. The molecule has 0 aliphatic heterocycles. The van der Waals surface area contributed by atoms with Gasteiger partial charge in [0.15, 0.2) is 0 Å². The van der Waals surface area contributed by atoms with Gasteiger partial charge in [-0.25, -0.2) is 0 Å². The van der Waals surface area contributed by atoms with Crippen molar-refractivity contribution in [3.8, 4) is 0 Å². The van der Waals surface area contributed by atoms with Crippen LogP contribution in [-0.4, -0.2) is 5.91 Å². The molecule has 2 aromatic rings. The van der Waals surface area contributed by atoms with E-state index in [0.29, 0.717) is 16.6 Å². The molecular weight excluding hydrogens is 329 g/mol. The first kappa shape index (κ1) is 16.4. The van der Waals surface area contributed by atoms with Gasteiger partial charge in [0.05, 0.1) is 5.41 Å². The number of halogens is 2. The molecule has 1 saturated carbocycles. The van der Waals surface area contributed by atoms with E-state index in [0.717, 1.165) is 36.8 Å². The van der Waals surface area contributed by atoms with Crippen LogP contribution in [0.25, 0.3) is 0 Å². The Labute approximate surface area is 146 Å². The number of hydrogen-bond donors (Lipinski definition) is 1. The van der Waals surface area contributed by atoms with Gasteiger partial charge in [-0.3, -0.25) is 4.79 Å². The number of rotatable bonds is 4. The maximum absolute atomic E-state index is 12.9. The van der Waals surface area contributed by atoms with Crippen molar-refractivity contribution in [2.75, 3.05) is 0 Å². The molecule has 0 unspecified atom stereocenters. The van der Waals surface area contributed by atoms with Crippen LogP contribution in [0.15, 0.2) is 48.5 Å². The molecule has 23 heavy (non-hydrogen) atoms. The molecule has 2 aromatic carbocycles. The van der Waals surface area contributed by atoms with Gasteiger partial charge in [0.1, 0.15) is 0 Å². The average Bonchev–Trinajstić information content (AvgIpc) is 3.05. The minimum Gasteiger partial charge on any atom is -0.351 e. The number of carbonyl (C=O) groups excluding carboxylic acids is 1. The predicted molar refractivity (Wildman–Crippen MR) is 94.9 cm³/mol. The molecule has 1 amide bonds. The van der Waals surface area contributed by atoms with Gasteiger partial charge in [-0.1, -0.05) is 72.4 Å². The van der Waals surface area contributed by atoms with E-state index in [1.165, 1.54) is 0 Å². The van der Waals surface area contributed by atoms with Crippen molar-refractivity contribution in [1.29, 1.82) is 0 Å². The fourth-order valence-corrected chi connectivity index (χ4v) is 3.87. The van der Waals surface area contributed by atoms with Crippen LogP contribution in [0.3, 0.4) is 0 Å².